The van der Waals surface area contributed by atoms with Gasteiger partial charge >= 0.3 is 11.9 Å². The molecule has 0 radical (unpaired) electrons. The van der Waals surface area contributed by atoms with Crippen molar-refractivity contribution in [2.45, 2.75) is 218 Å². The largest absolute Gasteiger partial charge is 0.481 e. The van der Waals surface area contributed by atoms with Crippen molar-refractivity contribution in [3.05, 3.63) is 11.6 Å². The summed E-state index contributed by atoms with van der Waals surface area (Å²) in [4.78, 5) is 26.0. The van der Waals surface area contributed by atoms with E-state index in [-0.39, 0.29) is 39.4 Å². The van der Waals surface area contributed by atoms with Crippen molar-refractivity contribution in [1.82, 2.24) is 0 Å². The molecule has 0 aromatic rings. The Morgan fingerprint density at radius 2 is 1.29 bits per heavy atom. The van der Waals surface area contributed by atoms with E-state index in [9.17, 15) is 60.7 Å². The lowest BCUT2D eigenvalue weighted by Crippen LogP contribution is -2.68. The second kappa shape index (κ2) is 17.5. The van der Waals surface area contributed by atoms with Gasteiger partial charge < -0.3 is 79.5 Å². The molecule has 7 fully saturated rings. The number of ether oxygens (including phenoxy) is 6. The van der Waals surface area contributed by atoms with Gasteiger partial charge in [0.1, 0.15) is 61.0 Å². The maximum atomic E-state index is 13.2. The maximum absolute atomic E-state index is 13.2. The second-order valence-electron chi connectivity index (χ2n) is 23.5. The minimum absolute atomic E-state index is 0.0241. The van der Waals surface area contributed by atoms with E-state index in [2.05, 4.69) is 54.5 Å². The van der Waals surface area contributed by atoms with Gasteiger partial charge in [0.2, 0.25) is 0 Å². The molecule has 0 amide bonds. The number of carboxylic acid groups (broad SMARTS) is 2. The van der Waals surface area contributed by atoms with Crippen molar-refractivity contribution in [3.63, 3.8) is 0 Å². The van der Waals surface area contributed by atoms with Crippen LogP contribution in [-0.4, -0.2) is 168 Å². The summed E-state index contributed by atoms with van der Waals surface area (Å²) in [5, 5.41) is 107. The third kappa shape index (κ3) is 7.74. The fraction of sp³-hybridized carbons (Fsp3) is 0.917. The smallest absolute Gasteiger partial charge is 0.335 e. The summed E-state index contributed by atoms with van der Waals surface area (Å²) < 4.78 is 36.7. The molecule has 18 heteroatoms. The summed E-state index contributed by atoms with van der Waals surface area (Å²) in [5.74, 6) is -1.96. The summed E-state index contributed by atoms with van der Waals surface area (Å²) in [6, 6.07) is 0. The Labute approximate surface area is 386 Å². The summed E-state index contributed by atoms with van der Waals surface area (Å²) >= 11 is 0. The number of allylic oxidation sites excluding steroid dienone is 2. The molecule has 0 spiro atoms. The van der Waals surface area contributed by atoms with E-state index >= 15 is 0 Å². The SMILES string of the molecule is C[C@@H]1O[C@@H](O[C@H]2[C@H](O)[C@@H](C(=O)O)O[C@@H](O[C@H]3CC[C@@]4(C)[C@H](CC[C@]5(C)[C@H]4CC=C4[C@H]6CC(C)(C)CC[C@]6(C(=O)O)CC[C@]45C)C3(C)C)[C@@H]2O[C@@H]2O[C@H](CO)[C@@H](O)[C@H](O)[C@H]2O)[C@H](O)[C@H](O)[C@H]1O. The van der Waals surface area contributed by atoms with Crippen molar-refractivity contribution in [2.24, 2.45) is 50.2 Å². The molecule has 8 rings (SSSR count). The second-order valence-corrected chi connectivity index (χ2v) is 23.5. The molecule has 8 aliphatic rings. The van der Waals surface area contributed by atoms with Gasteiger partial charge in [0.25, 0.3) is 0 Å². The van der Waals surface area contributed by atoms with E-state index in [1.165, 1.54) is 12.5 Å². The van der Waals surface area contributed by atoms with Crippen LogP contribution >= 0.6 is 0 Å². The lowest BCUT2D eigenvalue weighted by atomic mass is 9.33. The van der Waals surface area contributed by atoms with Crippen molar-refractivity contribution < 1.29 is 89.1 Å². The first-order chi connectivity index (χ1) is 30.7. The molecular formula is C48H76O18. The Kier molecular flexibility index (Phi) is 13.4. The van der Waals surface area contributed by atoms with E-state index < -0.39 is 128 Å². The van der Waals surface area contributed by atoms with Gasteiger partial charge in [-0.25, -0.2) is 4.79 Å². The van der Waals surface area contributed by atoms with Crippen molar-refractivity contribution in [1.29, 1.82) is 0 Å². The van der Waals surface area contributed by atoms with E-state index in [4.69, 9.17) is 28.4 Å². The average Bonchev–Trinajstić information content (AvgIpc) is 3.24. The number of aliphatic carboxylic acids is 2. The molecule has 10 N–H and O–H groups in total. The molecule has 0 aromatic carbocycles. The molecule has 3 heterocycles. The Balaban J connectivity index is 1.11. The van der Waals surface area contributed by atoms with E-state index in [1.54, 1.807) is 0 Å². The molecule has 376 valence electrons. The van der Waals surface area contributed by atoms with Crippen molar-refractivity contribution in [2.75, 3.05) is 6.61 Å². The van der Waals surface area contributed by atoms with Crippen LogP contribution in [0.3, 0.4) is 0 Å². The van der Waals surface area contributed by atoms with Crippen LogP contribution in [0, 0.1) is 50.2 Å². The molecule has 3 aliphatic heterocycles. The van der Waals surface area contributed by atoms with Crippen LogP contribution in [-0.2, 0) is 38.0 Å². The highest BCUT2D eigenvalue weighted by Gasteiger charge is 2.70. The van der Waals surface area contributed by atoms with Crippen LogP contribution < -0.4 is 0 Å². The number of carbonyl (C=O) groups is 2. The summed E-state index contributed by atoms with van der Waals surface area (Å²) in [6.45, 7) is 16.6. The lowest BCUT2D eigenvalue weighted by Gasteiger charge is -2.71. The molecule has 4 saturated carbocycles. The summed E-state index contributed by atoms with van der Waals surface area (Å²) in [6.07, 6.45) is -16.6. The van der Waals surface area contributed by atoms with Gasteiger partial charge in [-0.15, -0.1) is 0 Å². The molecular weight excluding hydrogens is 865 g/mol. The number of rotatable bonds is 9. The highest BCUT2D eigenvalue weighted by molar-refractivity contribution is 5.76. The Bertz CT molecular complexity index is 1860. The van der Waals surface area contributed by atoms with Gasteiger partial charge in [0.05, 0.1) is 24.2 Å². The first kappa shape index (κ1) is 50.5. The van der Waals surface area contributed by atoms with E-state index in [0.29, 0.717) is 19.3 Å². The normalized spacial score (nSPS) is 53.3. The van der Waals surface area contributed by atoms with Gasteiger partial charge in [-0.1, -0.05) is 60.1 Å². The zero-order chi connectivity index (χ0) is 48.4. The topological polar surface area (TPSA) is 292 Å². The van der Waals surface area contributed by atoms with Crippen LogP contribution in [0.1, 0.15) is 120 Å². The fourth-order valence-corrected chi connectivity index (χ4v) is 15.1. The quantitative estimate of drug-likeness (QED) is 0.117. The Morgan fingerprint density at radius 3 is 1.92 bits per heavy atom. The zero-order valence-corrected chi connectivity index (χ0v) is 39.6. The van der Waals surface area contributed by atoms with Crippen LogP contribution in [0.5, 0.6) is 0 Å². The number of carboxylic acids is 2. The molecule has 0 aromatic heterocycles. The number of hydrogen-bond donors (Lipinski definition) is 10. The van der Waals surface area contributed by atoms with Gasteiger partial charge in [-0.3, -0.25) is 4.79 Å². The lowest BCUT2D eigenvalue weighted by molar-refractivity contribution is -0.395. The van der Waals surface area contributed by atoms with Crippen molar-refractivity contribution in [3.8, 4) is 0 Å². The Morgan fingerprint density at radius 1 is 0.667 bits per heavy atom. The molecule has 0 unspecified atom stereocenters. The third-order valence-electron chi connectivity index (χ3n) is 19.3. The molecule has 23 atom stereocenters. The van der Waals surface area contributed by atoms with Gasteiger partial charge in [-0.05, 0) is 116 Å². The fourth-order valence-electron chi connectivity index (χ4n) is 15.1. The van der Waals surface area contributed by atoms with Gasteiger partial charge in [0, 0.05) is 0 Å². The third-order valence-corrected chi connectivity index (χ3v) is 19.3. The van der Waals surface area contributed by atoms with Crippen molar-refractivity contribution >= 4 is 11.9 Å². The highest BCUT2D eigenvalue weighted by atomic mass is 16.8. The number of hydrogen-bond acceptors (Lipinski definition) is 16. The number of aliphatic hydroxyl groups excluding tert-OH is 8. The van der Waals surface area contributed by atoms with Crippen LogP contribution in [0.15, 0.2) is 11.6 Å². The molecule has 66 heavy (non-hydrogen) atoms. The van der Waals surface area contributed by atoms with E-state index in [1.807, 2.05) is 0 Å². The minimum atomic E-state index is -2.06. The maximum Gasteiger partial charge on any atom is 0.335 e. The van der Waals surface area contributed by atoms with Crippen LogP contribution in [0.25, 0.3) is 0 Å². The van der Waals surface area contributed by atoms with Crippen LogP contribution in [0.2, 0.25) is 0 Å². The molecule has 3 saturated heterocycles. The predicted octanol–water partition coefficient (Wildman–Crippen LogP) is 1.83. The standard InChI is InChI=1S/C48H76O18/c1-21-28(50)30(52)32(54)39(61-21)64-35-34(56)36(38(57)58)65-41(37(35)66-40-33(55)31(53)29(51)24(20-49)62-40)63-27-12-13-45(6)25(44(27,4)5)11-14-47(8)26(45)10-9-22-23-19-43(2,3)15-17-48(23,42(59)60)18-16-46(22,47)7/h9,21,23-37,39-41,49-56H,10-20H2,1-8H3,(H,57,58)(H,59,60)/t21-,23+,24+,25+,26-,27-,28-,29+,30+,31-,32+,33+,34-,35-,36-,37+,39-,40-,41+,45-,46+,47+,48-/m0/s1. The first-order valence-electron chi connectivity index (χ1n) is 24.2. The monoisotopic (exact) mass is 941 g/mol. The Hall–Kier alpha value is -1.88. The summed E-state index contributed by atoms with van der Waals surface area (Å²) in [5.41, 5.74) is -0.505. The number of fused-ring (bicyclic) bond motifs is 7. The van der Waals surface area contributed by atoms with E-state index in [0.717, 1.165) is 44.9 Å². The minimum Gasteiger partial charge on any atom is -0.481 e. The first-order valence-corrected chi connectivity index (χ1v) is 24.2. The molecule has 5 aliphatic carbocycles. The van der Waals surface area contributed by atoms with Gasteiger partial charge in [-0.2, -0.15) is 0 Å². The molecule has 0 bridgehead atoms. The summed E-state index contributed by atoms with van der Waals surface area (Å²) in [7, 11) is 0. The highest BCUT2D eigenvalue weighted by Crippen LogP contribution is 2.76. The predicted molar refractivity (Wildman–Crippen MR) is 230 cm³/mol. The van der Waals surface area contributed by atoms with Crippen LogP contribution in [0.4, 0.5) is 0 Å². The number of aliphatic hydroxyl groups is 8. The van der Waals surface area contributed by atoms with Gasteiger partial charge in [0.15, 0.2) is 25.0 Å². The zero-order valence-electron chi connectivity index (χ0n) is 39.6. The molecule has 18 nitrogen and oxygen atoms in total. The average molecular weight is 941 g/mol.